The zero-order chi connectivity index (χ0) is 15.5. The van der Waals surface area contributed by atoms with Crippen molar-refractivity contribution in [3.8, 4) is 0 Å². The minimum Gasteiger partial charge on any atom is -0.262 e. The highest BCUT2D eigenvalue weighted by Gasteiger charge is 2.85. The lowest BCUT2D eigenvalue weighted by Crippen LogP contribution is -2.60. The third-order valence-electron chi connectivity index (χ3n) is 1.87. The summed E-state index contributed by atoms with van der Waals surface area (Å²) in [6.45, 7) is 0. The average molecular weight is 343 g/mol. The van der Waals surface area contributed by atoms with E-state index in [2.05, 4.69) is 32.7 Å². The van der Waals surface area contributed by atoms with Crippen molar-refractivity contribution >= 4 is 29.2 Å². The molecule has 1 rings (SSSR count). The molecule has 13 heteroatoms. The molecule has 2 atom stereocenters. The van der Waals surface area contributed by atoms with Gasteiger partial charge in [-0.05, 0) is 23.2 Å². The van der Waals surface area contributed by atoms with Gasteiger partial charge in [0.2, 0.25) is 0 Å². The Morgan fingerprint density at radius 2 is 1.26 bits per heavy atom. The summed E-state index contributed by atoms with van der Waals surface area (Å²) >= 11 is 8.72. The Labute approximate surface area is 108 Å². The van der Waals surface area contributed by atoms with Crippen molar-refractivity contribution in [2.45, 2.75) is 28.5 Å². The summed E-state index contributed by atoms with van der Waals surface area (Å²) in [4.78, 5) is 9.71. The van der Waals surface area contributed by atoms with Crippen molar-refractivity contribution in [3.63, 3.8) is 0 Å². The van der Waals surface area contributed by atoms with Crippen LogP contribution < -0.4 is 0 Å². The van der Waals surface area contributed by atoms with Gasteiger partial charge >= 0.3 is 34.6 Å². The van der Waals surface area contributed by atoms with Gasteiger partial charge in [0, 0.05) is 0 Å². The summed E-state index contributed by atoms with van der Waals surface area (Å²) in [7, 11) is 0. The van der Waals surface area contributed by atoms with Crippen molar-refractivity contribution in [1.29, 1.82) is 0 Å². The second-order valence-corrected chi connectivity index (χ2v) is 4.17. The van der Waals surface area contributed by atoms with Gasteiger partial charge in [0.25, 0.3) is 0 Å². The smallest absolute Gasteiger partial charge is 0.262 e. The molecule has 0 spiro atoms. The fourth-order valence-electron chi connectivity index (χ4n) is 0.909. The molecule has 0 N–H and O–H groups in total. The minimum absolute atomic E-state index is 2.81. The predicted octanol–water partition coefficient (Wildman–Crippen LogP) is 3.15. The number of carbonyl (C=O) groups excluding carboxylic acids is 1. The fraction of sp³-hybridized carbons (Fsp3) is 0.833. The van der Waals surface area contributed by atoms with E-state index in [0.29, 0.717) is 0 Å². The molecule has 1 heterocycles. The van der Waals surface area contributed by atoms with E-state index in [1.807, 2.05) is 0 Å². The van der Waals surface area contributed by atoms with E-state index < -0.39 is 34.6 Å². The van der Waals surface area contributed by atoms with E-state index in [4.69, 9.17) is 0 Å². The van der Waals surface area contributed by atoms with E-state index in [-0.39, 0.29) is 0 Å². The van der Waals surface area contributed by atoms with Crippen LogP contribution in [-0.2, 0) is 14.3 Å². The summed E-state index contributed by atoms with van der Waals surface area (Å²) in [6.07, 6.45) is 0. The normalized spacial score (nSPS) is 40.5. The van der Waals surface area contributed by atoms with Crippen molar-refractivity contribution in [2.75, 3.05) is 0 Å². The zero-order valence-electron chi connectivity index (χ0n) is 8.00. The van der Waals surface area contributed by atoms with Crippen LogP contribution in [0.25, 0.3) is 0 Å². The molecule has 0 amide bonds. The second kappa shape index (κ2) is 4.06. The van der Waals surface area contributed by atoms with E-state index in [1.54, 1.807) is 0 Å². The van der Waals surface area contributed by atoms with Gasteiger partial charge in [0.15, 0.2) is 0 Å². The first-order chi connectivity index (χ1) is 8.11. The second-order valence-electron chi connectivity index (χ2n) is 3.20. The summed E-state index contributed by atoms with van der Waals surface area (Å²) in [5, 5.41) is -9.27. The molecule has 0 aromatic heterocycles. The van der Waals surface area contributed by atoms with Crippen LogP contribution in [0.4, 0.5) is 35.1 Å². The number of ether oxygens (including phenoxy) is 2. The van der Waals surface area contributed by atoms with Crippen LogP contribution in [0.1, 0.15) is 0 Å². The number of rotatable bonds is 3. The van der Waals surface area contributed by atoms with Crippen LogP contribution in [0, 0.1) is 0 Å². The average Bonchev–Trinajstić information content (AvgIpc) is 2.30. The van der Waals surface area contributed by atoms with Crippen LogP contribution in [0.15, 0.2) is 0 Å². The summed E-state index contributed by atoms with van der Waals surface area (Å²) in [5.41, 5.74) is 0. The molecule has 19 heavy (non-hydrogen) atoms. The first kappa shape index (κ1) is 16.7. The molecule has 0 radical (unpaired) electrons. The van der Waals surface area contributed by atoms with Gasteiger partial charge < -0.3 is 0 Å². The third-order valence-corrected chi connectivity index (χ3v) is 2.61. The number of hydrogen-bond acceptors (Lipinski definition) is 3. The van der Waals surface area contributed by atoms with Gasteiger partial charge in [-0.25, -0.2) is 0 Å². The highest BCUT2D eigenvalue weighted by Crippen LogP contribution is 2.59. The Kier molecular flexibility index (Phi) is 3.56. The SMILES string of the molecule is O=C(F)C(F)(F)C(F)(F)C1(F)OC(F)(Cl)C(F)(Cl)O1. The molecular formula is C6Cl2F8O3. The molecule has 0 aromatic rings. The van der Waals surface area contributed by atoms with Crippen molar-refractivity contribution in [3.05, 3.63) is 0 Å². The standard InChI is InChI=1S/C6Cl2F8O3/c7-4(14)5(8,15)19-6(16,18-4)3(12,13)2(10,11)1(9)17. The summed E-state index contributed by atoms with van der Waals surface area (Å²) in [5.74, 6) is -12.8. The van der Waals surface area contributed by atoms with Crippen LogP contribution in [0.3, 0.4) is 0 Å². The Morgan fingerprint density at radius 1 is 0.947 bits per heavy atom. The van der Waals surface area contributed by atoms with E-state index in [1.165, 1.54) is 0 Å². The molecule has 3 nitrogen and oxygen atoms in total. The summed E-state index contributed by atoms with van der Waals surface area (Å²) in [6, 6.07) is -9.64. The number of alkyl halides is 9. The van der Waals surface area contributed by atoms with Gasteiger partial charge in [0.05, 0.1) is 0 Å². The van der Waals surface area contributed by atoms with E-state index in [0.717, 1.165) is 0 Å². The lowest BCUT2D eigenvalue weighted by molar-refractivity contribution is -0.417. The Morgan fingerprint density at radius 3 is 1.53 bits per heavy atom. The quantitative estimate of drug-likeness (QED) is 0.449. The van der Waals surface area contributed by atoms with E-state index >= 15 is 0 Å². The number of hydrogen-bond donors (Lipinski definition) is 0. The van der Waals surface area contributed by atoms with Crippen molar-refractivity contribution in [2.24, 2.45) is 0 Å². The Bertz CT molecular complexity index is 395. The topological polar surface area (TPSA) is 35.5 Å². The maximum Gasteiger partial charge on any atom is 0.406 e. The fourth-order valence-corrected chi connectivity index (χ4v) is 1.18. The molecule has 0 saturated carbocycles. The van der Waals surface area contributed by atoms with Gasteiger partial charge in [-0.2, -0.15) is 35.1 Å². The molecule has 1 aliphatic rings. The van der Waals surface area contributed by atoms with Gasteiger partial charge in [-0.15, -0.1) is 0 Å². The summed E-state index contributed by atoms with van der Waals surface area (Å²) < 4.78 is 107. The molecule has 1 saturated heterocycles. The van der Waals surface area contributed by atoms with Crippen LogP contribution in [0.2, 0.25) is 0 Å². The zero-order valence-corrected chi connectivity index (χ0v) is 9.52. The van der Waals surface area contributed by atoms with Crippen LogP contribution in [0.5, 0.6) is 0 Å². The van der Waals surface area contributed by atoms with Crippen molar-refractivity contribution in [1.82, 2.24) is 0 Å². The Balaban J connectivity index is 3.27. The molecule has 0 bridgehead atoms. The van der Waals surface area contributed by atoms with Gasteiger partial charge in [0.1, 0.15) is 0 Å². The lowest BCUT2D eigenvalue weighted by atomic mass is 10.1. The van der Waals surface area contributed by atoms with Gasteiger partial charge in [-0.3, -0.25) is 14.3 Å². The molecule has 1 aliphatic heterocycles. The third kappa shape index (κ3) is 2.16. The number of carbonyl (C=O) groups is 1. The van der Waals surface area contributed by atoms with Gasteiger partial charge in [-0.1, -0.05) is 0 Å². The molecule has 0 aliphatic carbocycles. The van der Waals surface area contributed by atoms with Crippen LogP contribution >= 0.6 is 23.2 Å². The maximum absolute atomic E-state index is 13.3. The number of halogens is 10. The first-order valence-corrected chi connectivity index (χ1v) is 4.67. The largest absolute Gasteiger partial charge is 0.406 e. The monoisotopic (exact) mass is 342 g/mol. The lowest BCUT2D eigenvalue weighted by Gasteiger charge is -2.30. The van der Waals surface area contributed by atoms with E-state index in [9.17, 15) is 39.9 Å². The van der Waals surface area contributed by atoms with Crippen LogP contribution in [-0.4, -0.2) is 34.6 Å². The predicted molar refractivity (Wildman–Crippen MR) is 41.4 cm³/mol. The molecule has 1 fully saturated rings. The maximum atomic E-state index is 13.3. The minimum atomic E-state index is -6.47. The molecule has 0 aromatic carbocycles. The highest BCUT2D eigenvalue weighted by molar-refractivity contribution is 6.32. The molecular weight excluding hydrogens is 343 g/mol. The Hall–Kier alpha value is -0.390. The highest BCUT2D eigenvalue weighted by atomic mass is 35.5. The van der Waals surface area contributed by atoms with Crippen molar-refractivity contribution < 1.29 is 49.4 Å². The molecule has 112 valence electrons. The molecule has 2 unspecified atom stereocenters. The first-order valence-electron chi connectivity index (χ1n) is 3.91.